The SMILES string of the molecule is CC1=CC(O/C=C2\C(=O)OC3c4cc([N+](=O)[O-])ccc4CC23)OC1=O. The Labute approximate surface area is 141 Å². The van der Waals surface area contributed by atoms with E-state index in [2.05, 4.69) is 0 Å². The lowest BCUT2D eigenvalue weighted by Crippen LogP contribution is -2.11. The minimum atomic E-state index is -0.864. The number of non-ortho nitro benzene ring substituents is 1. The van der Waals surface area contributed by atoms with Crippen molar-refractivity contribution in [3.63, 3.8) is 0 Å². The Balaban J connectivity index is 1.57. The second kappa shape index (κ2) is 5.44. The van der Waals surface area contributed by atoms with Crippen molar-refractivity contribution in [2.45, 2.75) is 25.7 Å². The highest BCUT2D eigenvalue weighted by Crippen LogP contribution is 2.48. The smallest absolute Gasteiger partial charge is 0.338 e. The van der Waals surface area contributed by atoms with E-state index in [0.717, 1.165) is 5.56 Å². The molecule has 0 spiro atoms. The first-order valence-corrected chi connectivity index (χ1v) is 7.67. The predicted molar refractivity (Wildman–Crippen MR) is 81.9 cm³/mol. The number of benzene rings is 1. The number of fused-ring (bicyclic) bond motifs is 3. The van der Waals surface area contributed by atoms with E-state index in [1.54, 1.807) is 13.0 Å². The van der Waals surface area contributed by atoms with E-state index in [-0.39, 0.29) is 11.6 Å². The zero-order valence-corrected chi connectivity index (χ0v) is 13.1. The number of nitrogens with zero attached hydrogens (tertiary/aromatic N) is 1. The van der Waals surface area contributed by atoms with Gasteiger partial charge in [0.05, 0.1) is 16.8 Å². The maximum absolute atomic E-state index is 12.1. The molecule has 0 saturated carbocycles. The number of esters is 2. The number of carbonyl (C=O) groups is 2. The van der Waals surface area contributed by atoms with Crippen LogP contribution in [0.15, 0.2) is 41.7 Å². The normalized spacial score (nSPS) is 28.3. The van der Waals surface area contributed by atoms with Crippen molar-refractivity contribution >= 4 is 17.6 Å². The molecule has 8 nitrogen and oxygen atoms in total. The van der Waals surface area contributed by atoms with E-state index in [1.807, 2.05) is 0 Å². The van der Waals surface area contributed by atoms with E-state index in [9.17, 15) is 19.7 Å². The molecule has 2 heterocycles. The molecule has 1 saturated heterocycles. The maximum atomic E-state index is 12.1. The second-order valence-corrected chi connectivity index (χ2v) is 6.11. The largest absolute Gasteiger partial charge is 0.458 e. The van der Waals surface area contributed by atoms with E-state index in [4.69, 9.17) is 14.2 Å². The molecule has 1 aromatic carbocycles. The van der Waals surface area contributed by atoms with Gasteiger partial charge in [-0.3, -0.25) is 10.1 Å². The van der Waals surface area contributed by atoms with Crippen LogP contribution in [0.4, 0.5) is 5.69 Å². The zero-order valence-electron chi connectivity index (χ0n) is 13.1. The molecule has 0 radical (unpaired) electrons. The summed E-state index contributed by atoms with van der Waals surface area (Å²) in [5, 5.41) is 10.9. The number of rotatable bonds is 3. The molecular formula is C17H13NO7. The molecular weight excluding hydrogens is 330 g/mol. The zero-order chi connectivity index (χ0) is 17.7. The van der Waals surface area contributed by atoms with E-state index in [1.165, 1.54) is 24.5 Å². The molecule has 2 aliphatic heterocycles. The minimum absolute atomic E-state index is 0.0393. The van der Waals surface area contributed by atoms with Crippen LogP contribution in [0.3, 0.4) is 0 Å². The molecule has 1 aromatic rings. The van der Waals surface area contributed by atoms with Crippen LogP contribution in [0.5, 0.6) is 0 Å². The summed E-state index contributed by atoms with van der Waals surface area (Å²) in [7, 11) is 0. The summed E-state index contributed by atoms with van der Waals surface area (Å²) in [6, 6.07) is 4.57. The lowest BCUT2D eigenvalue weighted by atomic mass is 9.98. The molecule has 0 amide bonds. The summed E-state index contributed by atoms with van der Waals surface area (Å²) in [5.41, 5.74) is 2.29. The summed E-state index contributed by atoms with van der Waals surface area (Å²) >= 11 is 0. The van der Waals surface area contributed by atoms with Crippen molar-refractivity contribution < 1.29 is 28.7 Å². The molecule has 3 aliphatic rings. The first-order chi connectivity index (χ1) is 11.9. The Morgan fingerprint density at radius 1 is 1.28 bits per heavy atom. The fourth-order valence-electron chi connectivity index (χ4n) is 3.31. The molecule has 4 rings (SSSR count). The Bertz CT molecular complexity index is 870. The molecule has 25 heavy (non-hydrogen) atoms. The average molecular weight is 343 g/mol. The highest BCUT2D eigenvalue weighted by atomic mass is 16.7. The molecule has 128 valence electrons. The third kappa shape index (κ3) is 2.46. The van der Waals surface area contributed by atoms with E-state index >= 15 is 0 Å². The number of nitro groups is 1. The minimum Gasteiger partial charge on any atom is -0.458 e. The molecule has 0 N–H and O–H groups in total. The maximum Gasteiger partial charge on any atom is 0.338 e. The fourth-order valence-corrected chi connectivity index (χ4v) is 3.31. The summed E-state index contributed by atoms with van der Waals surface area (Å²) in [6.45, 7) is 1.61. The standard InChI is InChI=1S/C17H13NO7/c1-8-4-14(24-16(8)19)23-7-13-12-5-9-2-3-10(18(21)22)6-11(9)15(12)25-17(13)20/h2-4,6-7,12,14-15H,5H2,1H3/b13-7-. The summed E-state index contributed by atoms with van der Waals surface area (Å²) < 4.78 is 15.7. The van der Waals surface area contributed by atoms with Crippen LogP contribution in [0.1, 0.15) is 24.2 Å². The third-order valence-electron chi connectivity index (χ3n) is 4.58. The van der Waals surface area contributed by atoms with Crippen molar-refractivity contribution in [1.29, 1.82) is 0 Å². The van der Waals surface area contributed by atoms with Crippen LogP contribution in [-0.4, -0.2) is 23.2 Å². The summed E-state index contributed by atoms with van der Waals surface area (Å²) in [4.78, 5) is 33.9. The van der Waals surface area contributed by atoms with Crippen molar-refractivity contribution in [3.8, 4) is 0 Å². The highest BCUT2D eigenvalue weighted by Gasteiger charge is 2.47. The first kappa shape index (κ1) is 15.4. The number of hydrogen-bond acceptors (Lipinski definition) is 7. The van der Waals surface area contributed by atoms with Gasteiger partial charge >= 0.3 is 11.9 Å². The lowest BCUT2D eigenvalue weighted by Gasteiger charge is -2.09. The molecule has 0 bridgehead atoms. The van der Waals surface area contributed by atoms with Crippen molar-refractivity contribution in [2.24, 2.45) is 5.92 Å². The van der Waals surface area contributed by atoms with Crippen LogP contribution in [0.2, 0.25) is 0 Å². The van der Waals surface area contributed by atoms with Crippen LogP contribution >= 0.6 is 0 Å². The van der Waals surface area contributed by atoms with Crippen LogP contribution in [0.25, 0.3) is 0 Å². The van der Waals surface area contributed by atoms with Crippen molar-refractivity contribution in [3.05, 3.63) is 62.9 Å². The Morgan fingerprint density at radius 2 is 2.08 bits per heavy atom. The first-order valence-electron chi connectivity index (χ1n) is 7.67. The van der Waals surface area contributed by atoms with Gasteiger partial charge in [-0.25, -0.2) is 9.59 Å². The lowest BCUT2D eigenvalue weighted by molar-refractivity contribution is -0.385. The highest BCUT2D eigenvalue weighted by molar-refractivity contribution is 5.92. The number of carbonyl (C=O) groups excluding carboxylic acids is 2. The van der Waals surface area contributed by atoms with Gasteiger partial charge < -0.3 is 14.2 Å². The number of nitro benzene ring substituents is 1. The van der Waals surface area contributed by atoms with Gasteiger partial charge in [-0.1, -0.05) is 6.07 Å². The van der Waals surface area contributed by atoms with E-state index < -0.39 is 29.3 Å². The van der Waals surface area contributed by atoms with Gasteiger partial charge in [0.1, 0.15) is 6.10 Å². The Hall–Kier alpha value is -3.16. The average Bonchev–Trinajstić information content (AvgIpc) is 3.17. The molecule has 3 unspecified atom stereocenters. The van der Waals surface area contributed by atoms with Gasteiger partial charge in [0.25, 0.3) is 12.0 Å². The van der Waals surface area contributed by atoms with E-state index in [0.29, 0.717) is 23.1 Å². The molecule has 0 aromatic heterocycles. The number of hydrogen-bond donors (Lipinski definition) is 0. The Morgan fingerprint density at radius 3 is 2.76 bits per heavy atom. The van der Waals surface area contributed by atoms with Crippen LogP contribution in [0, 0.1) is 16.0 Å². The van der Waals surface area contributed by atoms with Gasteiger partial charge in [-0.05, 0) is 18.9 Å². The summed E-state index contributed by atoms with van der Waals surface area (Å²) in [5.74, 6) is -1.26. The van der Waals surface area contributed by atoms with Crippen molar-refractivity contribution in [2.75, 3.05) is 0 Å². The van der Waals surface area contributed by atoms with Gasteiger partial charge in [0, 0.05) is 35.3 Å². The third-order valence-corrected chi connectivity index (χ3v) is 4.58. The van der Waals surface area contributed by atoms with Gasteiger partial charge in [-0.15, -0.1) is 0 Å². The predicted octanol–water partition coefficient (Wildman–Crippen LogP) is 2.09. The topological polar surface area (TPSA) is 105 Å². The van der Waals surface area contributed by atoms with Crippen LogP contribution in [-0.2, 0) is 30.2 Å². The Kier molecular flexibility index (Phi) is 3.34. The number of cyclic esters (lactones) is 1. The molecule has 3 atom stereocenters. The van der Waals surface area contributed by atoms with Gasteiger partial charge in [-0.2, -0.15) is 0 Å². The fraction of sp³-hybridized carbons (Fsp3) is 0.294. The second-order valence-electron chi connectivity index (χ2n) is 6.11. The van der Waals surface area contributed by atoms with Gasteiger partial charge in [0.2, 0.25) is 0 Å². The molecule has 1 fully saturated rings. The monoisotopic (exact) mass is 343 g/mol. The summed E-state index contributed by atoms with van der Waals surface area (Å²) in [6.07, 6.45) is 1.89. The van der Waals surface area contributed by atoms with Crippen LogP contribution < -0.4 is 0 Å². The van der Waals surface area contributed by atoms with Gasteiger partial charge in [0.15, 0.2) is 0 Å². The van der Waals surface area contributed by atoms with Crippen molar-refractivity contribution in [1.82, 2.24) is 0 Å². The quantitative estimate of drug-likeness (QED) is 0.272. The molecule has 8 heteroatoms. The number of ether oxygens (including phenoxy) is 3. The molecule has 1 aliphatic carbocycles.